The number of carbonyl (C=O) groups excluding carboxylic acids is 2. The molecule has 78 valence electrons. The lowest BCUT2D eigenvalue weighted by atomic mass is 10.3. The fourth-order valence-corrected chi connectivity index (χ4v) is 2.12. The molecule has 0 aromatic carbocycles. The van der Waals surface area contributed by atoms with Crippen LogP contribution in [0.15, 0.2) is 11.6 Å². The van der Waals surface area contributed by atoms with Crippen LogP contribution >= 0.6 is 11.8 Å². The molecule has 0 N–H and O–H groups in total. The minimum Gasteiger partial charge on any atom is -0.449 e. The van der Waals surface area contributed by atoms with E-state index >= 15 is 0 Å². The summed E-state index contributed by atoms with van der Waals surface area (Å²) in [5.41, 5.74) is 0. The van der Waals surface area contributed by atoms with E-state index in [-0.39, 0.29) is 17.3 Å². The van der Waals surface area contributed by atoms with Crippen LogP contribution in [-0.2, 0) is 9.53 Å². The van der Waals surface area contributed by atoms with E-state index in [1.165, 1.54) is 23.6 Å². The van der Waals surface area contributed by atoms with Gasteiger partial charge in [-0.2, -0.15) is 0 Å². The maximum atomic E-state index is 11.4. The molecule has 0 aliphatic carbocycles. The third kappa shape index (κ3) is 2.77. The van der Waals surface area contributed by atoms with Crippen molar-refractivity contribution in [2.45, 2.75) is 25.6 Å². The topological polar surface area (TPSA) is 46.6 Å². The Morgan fingerprint density at radius 2 is 2.29 bits per heavy atom. The molecule has 0 spiro atoms. The molecule has 0 fully saturated rings. The average Bonchev–Trinajstić information content (AvgIpc) is 2.51. The van der Waals surface area contributed by atoms with Gasteiger partial charge in [0, 0.05) is 12.6 Å². The Kier molecular flexibility index (Phi) is 4.00. The van der Waals surface area contributed by atoms with Crippen LogP contribution < -0.4 is 0 Å². The highest BCUT2D eigenvalue weighted by Gasteiger charge is 2.27. The van der Waals surface area contributed by atoms with Gasteiger partial charge in [-0.15, -0.1) is 11.8 Å². The molecule has 1 rings (SSSR count). The van der Waals surface area contributed by atoms with Gasteiger partial charge in [-0.05, 0) is 19.3 Å². The van der Waals surface area contributed by atoms with Crippen molar-refractivity contribution in [3.8, 4) is 0 Å². The molecule has 0 aromatic heterocycles. The second-order valence-corrected chi connectivity index (χ2v) is 3.98. The normalized spacial score (nSPS) is 19.9. The highest BCUT2D eigenvalue weighted by molar-refractivity contribution is 8.02. The van der Waals surface area contributed by atoms with Crippen molar-refractivity contribution in [2.24, 2.45) is 0 Å². The van der Waals surface area contributed by atoms with Gasteiger partial charge in [0.05, 0.1) is 12.0 Å². The second kappa shape index (κ2) is 5.05. The van der Waals surface area contributed by atoms with Gasteiger partial charge in [-0.25, -0.2) is 4.79 Å². The van der Waals surface area contributed by atoms with Crippen LogP contribution in [-0.4, -0.2) is 28.8 Å². The molecule has 4 nitrogen and oxygen atoms in total. The van der Waals surface area contributed by atoms with Gasteiger partial charge in [-0.3, -0.25) is 9.69 Å². The molecule has 14 heavy (non-hydrogen) atoms. The average molecular weight is 215 g/mol. The fraction of sp³-hybridized carbons (Fsp3) is 0.556. The Hall–Kier alpha value is -0.970. The molecule has 1 amide bonds. The van der Waals surface area contributed by atoms with Crippen molar-refractivity contribution in [1.29, 1.82) is 0 Å². The molecule has 1 atom stereocenters. The maximum absolute atomic E-state index is 11.4. The lowest BCUT2D eigenvalue weighted by molar-refractivity contribution is -0.117. The summed E-state index contributed by atoms with van der Waals surface area (Å²) in [4.78, 5) is 23.7. The van der Waals surface area contributed by atoms with Crippen molar-refractivity contribution in [3.63, 3.8) is 0 Å². The summed E-state index contributed by atoms with van der Waals surface area (Å²) in [6.07, 6.45) is 1.62. The van der Waals surface area contributed by atoms with Crippen LogP contribution in [0.2, 0.25) is 0 Å². The highest BCUT2D eigenvalue weighted by Crippen LogP contribution is 2.28. The van der Waals surface area contributed by atoms with Gasteiger partial charge in [0.25, 0.3) is 0 Å². The molecule has 0 aromatic rings. The number of ketones is 1. The minimum absolute atomic E-state index is 0.0699. The monoisotopic (exact) mass is 215 g/mol. The quantitative estimate of drug-likeness (QED) is 0.722. The molecule has 0 bridgehead atoms. The molecule has 1 heterocycles. The molecular formula is C9H13NO3S. The molecule has 5 heteroatoms. The largest absolute Gasteiger partial charge is 0.449 e. The summed E-state index contributed by atoms with van der Waals surface area (Å²) in [5, 5.41) is 1.66. The first-order valence-corrected chi connectivity index (χ1v) is 5.36. The zero-order valence-corrected chi connectivity index (χ0v) is 9.04. The number of Topliss-reactive ketones (excluding diaryl/α,β-unsaturated/α-hetero) is 1. The molecule has 1 aliphatic heterocycles. The van der Waals surface area contributed by atoms with Gasteiger partial charge in [0.15, 0.2) is 0 Å². The number of carbonyl (C=O) groups is 2. The van der Waals surface area contributed by atoms with E-state index in [1.807, 2.05) is 0 Å². The first kappa shape index (κ1) is 11.1. The summed E-state index contributed by atoms with van der Waals surface area (Å²) in [7, 11) is 0. The number of ether oxygens (including phenoxy) is 1. The first-order valence-electron chi connectivity index (χ1n) is 4.41. The van der Waals surface area contributed by atoms with Crippen molar-refractivity contribution in [2.75, 3.05) is 6.61 Å². The zero-order chi connectivity index (χ0) is 10.6. The summed E-state index contributed by atoms with van der Waals surface area (Å²) in [6, 6.07) is 0. The van der Waals surface area contributed by atoms with E-state index < -0.39 is 0 Å². The first-order chi connectivity index (χ1) is 6.65. The van der Waals surface area contributed by atoms with Crippen molar-refractivity contribution in [1.82, 2.24) is 4.90 Å². The predicted octanol–water partition coefficient (Wildman–Crippen LogP) is 1.97. The molecule has 0 saturated carbocycles. The van der Waals surface area contributed by atoms with Gasteiger partial charge in [-0.1, -0.05) is 0 Å². The smallest absolute Gasteiger partial charge is 0.414 e. The Morgan fingerprint density at radius 1 is 1.57 bits per heavy atom. The van der Waals surface area contributed by atoms with Gasteiger partial charge in [0.2, 0.25) is 0 Å². The van der Waals surface area contributed by atoms with Crippen LogP contribution in [0.25, 0.3) is 0 Å². The SMILES string of the molecule is CCOC(=O)N1C=CSC1CC(C)=O. The second-order valence-electron chi connectivity index (χ2n) is 2.89. The minimum atomic E-state index is -0.389. The number of hydrogen-bond donors (Lipinski definition) is 0. The summed E-state index contributed by atoms with van der Waals surface area (Å²) >= 11 is 1.46. The Bertz CT molecular complexity index is 265. The van der Waals surface area contributed by atoms with Gasteiger partial charge >= 0.3 is 6.09 Å². The van der Waals surface area contributed by atoms with E-state index in [0.29, 0.717) is 13.0 Å². The molecule has 0 radical (unpaired) electrons. The third-order valence-corrected chi connectivity index (χ3v) is 2.69. The van der Waals surface area contributed by atoms with Crippen LogP contribution in [0, 0.1) is 0 Å². The molecule has 1 unspecified atom stereocenters. The van der Waals surface area contributed by atoms with E-state index in [2.05, 4.69) is 0 Å². The summed E-state index contributed by atoms with van der Waals surface area (Å²) < 4.78 is 4.85. The van der Waals surface area contributed by atoms with Crippen molar-refractivity contribution < 1.29 is 14.3 Å². The van der Waals surface area contributed by atoms with E-state index in [9.17, 15) is 9.59 Å². The Balaban J connectivity index is 2.53. The number of amides is 1. The van der Waals surface area contributed by atoms with Crippen molar-refractivity contribution in [3.05, 3.63) is 11.6 Å². The fourth-order valence-electron chi connectivity index (χ4n) is 1.12. The standard InChI is InChI=1S/C9H13NO3S/c1-3-13-9(12)10-4-5-14-8(10)6-7(2)11/h4-5,8H,3,6H2,1-2H3. The number of thioether (sulfide) groups is 1. The summed E-state index contributed by atoms with van der Waals surface area (Å²) in [5.74, 6) is 0.0699. The number of hydrogen-bond acceptors (Lipinski definition) is 4. The number of rotatable bonds is 3. The van der Waals surface area contributed by atoms with E-state index in [0.717, 1.165) is 0 Å². The Labute approximate surface area is 87.3 Å². The predicted molar refractivity (Wildman–Crippen MR) is 54.7 cm³/mol. The van der Waals surface area contributed by atoms with Gasteiger partial charge < -0.3 is 4.74 Å². The van der Waals surface area contributed by atoms with Crippen LogP contribution in [0.3, 0.4) is 0 Å². The van der Waals surface area contributed by atoms with Crippen LogP contribution in [0.5, 0.6) is 0 Å². The third-order valence-electron chi connectivity index (χ3n) is 1.71. The maximum Gasteiger partial charge on any atom is 0.414 e. The van der Waals surface area contributed by atoms with Crippen molar-refractivity contribution >= 4 is 23.6 Å². The highest BCUT2D eigenvalue weighted by atomic mass is 32.2. The lowest BCUT2D eigenvalue weighted by Crippen LogP contribution is -2.33. The number of nitrogens with zero attached hydrogens (tertiary/aromatic N) is 1. The van der Waals surface area contributed by atoms with E-state index in [4.69, 9.17) is 4.74 Å². The Morgan fingerprint density at radius 3 is 2.86 bits per heavy atom. The molecule has 1 aliphatic rings. The van der Waals surface area contributed by atoms with E-state index in [1.54, 1.807) is 18.5 Å². The van der Waals surface area contributed by atoms with Crippen LogP contribution in [0.4, 0.5) is 4.79 Å². The van der Waals surface area contributed by atoms with Gasteiger partial charge in [0.1, 0.15) is 5.78 Å². The lowest BCUT2D eigenvalue weighted by Gasteiger charge is -2.20. The summed E-state index contributed by atoms with van der Waals surface area (Å²) in [6.45, 7) is 3.62. The molecular weight excluding hydrogens is 202 g/mol. The zero-order valence-electron chi connectivity index (χ0n) is 8.23. The van der Waals surface area contributed by atoms with Crippen LogP contribution in [0.1, 0.15) is 20.3 Å². The molecule has 0 saturated heterocycles.